The van der Waals surface area contributed by atoms with Crippen LogP contribution in [0.3, 0.4) is 0 Å². The Morgan fingerprint density at radius 2 is 2.06 bits per heavy atom. The molecule has 1 aliphatic heterocycles. The highest BCUT2D eigenvalue weighted by atomic mass is 28.4. The van der Waals surface area contributed by atoms with Gasteiger partial charge in [0.1, 0.15) is 20.1 Å². The fraction of sp³-hybridized carbons (Fsp3) is 1.00. The maximum atomic E-state index is 9.17. The minimum Gasteiger partial charge on any atom is -0.409 e. The Kier molecular flexibility index (Phi) is 3.99. The van der Waals surface area contributed by atoms with Crippen LogP contribution in [0.5, 0.6) is 0 Å². The molecule has 1 unspecified atom stereocenters. The lowest BCUT2D eigenvalue weighted by Crippen LogP contribution is -2.49. The molecule has 0 spiro atoms. The van der Waals surface area contributed by atoms with Crippen molar-refractivity contribution < 1.29 is 19.4 Å². The highest BCUT2D eigenvalue weighted by Gasteiger charge is 2.47. The molecule has 2 radical (unpaired) electrons. The van der Waals surface area contributed by atoms with Gasteiger partial charge in [0.2, 0.25) is 1.43 Å². The number of ether oxygens (including phenoxy) is 1. The Morgan fingerprint density at radius 3 is 2.47 bits per heavy atom. The predicted molar refractivity (Wildman–Crippen MR) is 69.6 cm³/mol. The van der Waals surface area contributed by atoms with Crippen LogP contribution in [0, 0.1) is 0 Å². The van der Waals surface area contributed by atoms with E-state index in [0.717, 1.165) is 0 Å². The SMILES string of the molecule is [2H]OC1[C@@H](CO)O[C@@H]([B])[C@H]1O[Si](C)(C)C(C)(C)C. The summed E-state index contributed by atoms with van der Waals surface area (Å²) in [6, 6.07) is -0.661. The van der Waals surface area contributed by atoms with Crippen molar-refractivity contribution in [2.75, 3.05) is 6.61 Å². The summed E-state index contributed by atoms with van der Waals surface area (Å²) in [4.78, 5) is 0. The van der Waals surface area contributed by atoms with Crippen molar-refractivity contribution in [2.45, 2.75) is 63.2 Å². The molecule has 1 saturated heterocycles. The molecular formula is C11H23BO4Si. The Hall–Kier alpha value is 0.122. The van der Waals surface area contributed by atoms with E-state index in [1.807, 2.05) is 0 Å². The molecule has 1 heterocycles. The van der Waals surface area contributed by atoms with Crippen molar-refractivity contribution in [3.05, 3.63) is 0 Å². The summed E-state index contributed by atoms with van der Waals surface area (Å²) in [6.45, 7) is 10.4. The van der Waals surface area contributed by atoms with Crippen molar-refractivity contribution >= 4 is 16.2 Å². The van der Waals surface area contributed by atoms with Gasteiger partial charge in [0.15, 0.2) is 8.32 Å². The van der Waals surface area contributed by atoms with E-state index in [0.29, 0.717) is 0 Å². The number of hydrogen-bond donors (Lipinski definition) is 2. The molecule has 0 amide bonds. The second-order valence-electron chi connectivity index (χ2n) is 6.13. The third kappa shape index (κ3) is 3.12. The summed E-state index contributed by atoms with van der Waals surface area (Å²) >= 11 is 0. The minimum absolute atomic E-state index is 0.0383. The zero-order valence-electron chi connectivity index (χ0n) is 12.3. The van der Waals surface area contributed by atoms with Gasteiger partial charge in [0.05, 0.1) is 12.7 Å². The summed E-state index contributed by atoms with van der Waals surface area (Å²) in [5.41, 5.74) is 0. The van der Waals surface area contributed by atoms with Gasteiger partial charge in [-0.25, -0.2) is 0 Å². The Morgan fingerprint density at radius 1 is 1.47 bits per heavy atom. The molecule has 17 heavy (non-hydrogen) atoms. The van der Waals surface area contributed by atoms with Gasteiger partial charge < -0.3 is 19.4 Å². The lowest BCUT2D eigenvalue weighted by molar-refractivity contribution is -0.00796. The molecule has 4 nitrogen and oxygen atoms in total. The van der Waals surface area contributed by atoms with E-state index in [1.54, 1.807) is 0 Å². The fourth-order valence-corrected chi connectivity index (χ4v) is 2.86. The number of rotatable bonds is 4. The van der Waals surface area contributed by atoms with E-state index in [1.165, 1.54) is 0 Å². The van der Waals surface area contributed by atoms with Gasteiger partial charge in [-0.3, -0.25) is 0 Å². The molecule has 0 aromatic heterocycles. The minimum atomic E-state index is -2.02. The molecule has 6 heteroatoms. The second kappa shape index (κ2) is 5.01. The maximum Gasteiger partial charge on any atom is 0.211 e. The molecule has 98 valence electrons. The van der Waals surface area contributed by atoms with Gasteiger partial charge in [0, 0.05) is 6.00 Å². The van der Waals surface area contributed by atoms with Crippen molar-refractivity contribution in [2.24, 2.45) is 0 Å². The topological polar surface area (TPSA) is 58.9 Å². The van der Waals surface area contributed by atoms with Crippen LogP contribution < -0.4 is 0 Å². The lowest BCUT2D eigenvalue weighted by Gasteiger charge is -2.39. The van der Waals surface area contributed by atoms with Crippen molar-refractivity contribution in [1.29, 1.82) is 1.43 Å². The zero-order chi connectivity index (χ0) is 14.1. The first-order valence-electron chi connectivity index (χ1n) is 6.36. The first kappa shape index (κ1) is 13.6. The summed E-state index contributed by atoms with van der Waals surface area (Å²) < 4.78 is 18.6. The monoisotopic (exact) mass is 259 g/mol. The molecule has 1 fully saturated rings. The molecule has 0 aromatic rings. The Labute approximate surface area is 107 Å². The van der Waals surface area contributed by atoms with Crippen LogP contribution in [0.4, 0.5) is 0 Å². The fourth-order valence-electron chi connectivity index (χ4n) is 1.55. The van der Waals surface area contributed by atoms with Crippen LogP contribution in [0.25, 0.3) is 0 Å². The van der Waals surface area contributed by atoms with Crippen LogP contribution in [-0.4, -0.2) is 58.7 Å². The first-order chi connectivity index (χ1) is 8.14. The summed E-state index contributed by atoms with van der Waals surface area (Å²) in [5, 5.41) is 13.8. The summed E-state index contributed by atoms with van der Waals surface area (Å²) in [6.07, 6.45) is -1.73. The highest BCUT2D eigenvalue weighted by Crippen LogP contribution is 2.39. The molecule has 1 aliphatic rings. The third-order valence-electron chi connectivity index (χ3n) is 3.76. The number of aliphatic hydroxyl groups is 2. The molecule has 0 aliphatic carbocycles. The molecule has 4 atom stereocenters. The second-order valence-corrected chi connectivity index (χ2v) is 10.9. The largest absolute Gasteiger partial charge is 0.409 e. The van der Waals surface area contributed by atoms with Crippen LogP contribution >= 0.6 is 0 Å². The van der Waals surface area contributed by atoms with Gasteiger partial charge in [0.25, 0.3) is 0 Å². The molecule has 2 N–H and O–H groups in total. The van der Waals surface area contributed by atoms with Gasteiger partial charge in [-0.2, -0.15) is 0 Å². The van der Waals surface area contributed by atoms with Crippen LogP contribution in [0.1, 0.15) is 20.8 Å². The molecule has 0 aromatic carbocycles. The number of hydrogen-bond acceptors (Lipinski definition) is 4. The zero-order valence-corrected chi connectivity index (χ0v) is 12.3. The van der Waals surface area contributed by atoms with E-state index in [4.69, 9.17) is 18.4 Å². The van der Waals surface area contributed by atoms with Gasteiger partial charge in [-0.15, -0.1) is 0 Å². The maximum absolute atomic E-state index is 9.17. The van der Waals surface area contributed by atoms with E-state index < -0.39 is 32.6 Å². The summed E-state index contributed by atoms with van der Waals surface area (Å²) in [7, 11) is 3.84. The average Bonchev–Trinajstić information content (AvgIpc) is 2.53. The molecular weight excluding hydrogens is 235 g/mol. The lowest BCUT2D eigenvalue weighted by atomic mass is 9.93. The van der Waals surface area contributed by atoms with Crippen molar-refractivity contribution in [1.82, 2.24) is 0 Å². The number of aliphatic hydroxyl groups excluding tert-OH is 2. The Bertz CT molecular complexity index is 285. The third-order valence-corrected chi connectivity index (χ3v) is 8.24. The van der Waals surface area contributed by atoms with Gasteiger partial charge in [-0.05, 0) is 18.1 Å². The highest BCUT2D eigenvalue weighted by molar-refractivity contribution is 6.74. The standard InChI is InChI=1S/C11H23BO4Si/c1-11(2,3)17(4,5)16-9-8(14)7(6-13)15-10(9)12/h7-10,13-14H,6H2,1-5H3/t7-,8?,9+,10-/m1/s1/i14D. The van der Waals surface area contributed by atoms with Crippen LogP contribution in [-0.2, 0) is 9.16 Å². The van der Waals surface area contributed by atoms with Gasteiger partial charge in [-0.1, -0.05) is 20.8 Å². The van der Waals surface area contributed by atoms with Crippen LogP contribution in [0.15, 0.2) is 0 Å². The predicted octanol–water partition coefficient (Wildman–Crippen LogP) is 0.623. The van der Waals surface area contributed by atoms with E-state index in [-0.39, 0.29) is 11.6 Å². The van der Waals surface area contributed by atoms with E-state index in [2.05, 4.69) is 39.0 Å². The van der Waals surface area contributed by atoms with Gasteiger partial charge >= 0.3 is 0 Å². The molecule has 0 bridgehead atoms. The van der Waals surface area contributed by atoms with Crippen LogP contribution in [0.2, 0.25) is 18.1 Å². The quantitative estimate of drug-likeness (QED) is 0.727. The molecule has 1 rings (SSSR count). The Balaban J connectivity index is 2.82. The average molecular weight is 259 g/mol. The molecule has 0 saturated carbocycles. The van der Waals surface area contributed by atoms with E-state index in [9.17, 15) is 5.11 Å². The van der Waals surface area contributed by atoms with Crippen molar-refractivity contribution in [3.63, 3.8) is 0 Å². The normalized spacial score (nSPS) is 36.0. The summed E-state index contributed by atoms with van der Waals surface area (Å²) in [5.74, 6) is 0. The van der Waals surface area contributed by atoms with Crippen molar-refractivity contribution in [3.8, 4) is 0 Å². The smallest absolute Gasteiger partial charge is 0.211 e. The van der Waals surface area contributed by atoms with E-state index >= 15 is 0 Å². The first-order valence-corrected chi connectivity index (χ1v) is 8.86.